The van der Waals surface area contributed by atoms with Gasteiger partial charge in [0.15, 0.2) is 5.65 Å². The van der Waals surface area contributed by atoms with E-state index < -0.39 is 0 Å². The molecule has 2 aromatic heterocycles. The number of hydrogen-bond acceptors (Lipinski definition) is 3. The van der Waals surface area contributed by atoms with Gasteiger partial charge in [-0.25, -0.2) is 14.5 Å². The third-order valence-electron chi connectivity index (χ3n) is 3.60. The molecule has 0 saturated carbocycles. The third kappa shape index (κ3) is 3.27. The quantitative estimate of drug-likeness (QED) is 0.643. The van der Waals surface area contributed by atoms with Gasteiger partial charge in [0.2, 0.25) is 0 Å². The molecule has 2 heterocycles. The Morgan fingerprint density at radius 2 is 1.90 bits per heavy atom. The molecular weight excluding hydrogens is 260 g/mol. The summed E-state index contributed by atoms with van der Waals surface area (Å²) in [4.78, 5) is 9.01. The van der Waals surface area contributed by atoms with Gasteiger partial charge in [-0.1, -0.05) is 56.5 Å². The lowest BCUT2D eigenvalue weighted by Crippen LogP contribution is -1.99. The summed E-state index contributed by atoms with van der Waals surface area (Å²) in [6.45, 7) is 2.22. The average molecular weight is 280 g/mol. The minimum atomic E-state index is 0.870. The van der Waals surface area contributed by atoms with Crippen LogP contribution < -0.4 is 0 Å². The maximum atomic E-state index is 4.61. The number of benzene rings is 1. The number of aromatic nitrogens is 4. The highest BCUT2D eigenvalue weighted by Crippen LogP contribution is 2.18. The summed E-state index contributed by atoms with van der Waals surface area (Å²) in [5.41, 5.74) is 2.91. The van der Waals surface area contributed by atoms with Crippen molar-refractivity contribution in [3.63, 3.8) is 0 Å². The van der Waals surface area contributed by atoms with Crippen LogP contribution >= 0.6 is 0 Å². The second-order valence-electron chi connectivity index (χ2n) is 5.28. The summed E-state index contributed by atoms with van der Waals surface area (Å²) in [7, 11) is 0. The van der Waals surface area contributed by atoms with Crippen LogP contribution in [0.2, 0.25) is 0 Å². The highest BCUT2D eigenvalue weighted by atomic mass is 15.3. The van der Waals surface area contributed by atoms with Crippen molar-refractivity contribution < 1.29 is 0 Å². The molecule has 0 spiro atoms. The molecule has 4 heteroatoms. The molecule has 0 bridgehead atoms. The number of hydrogen-bond donors (Lipinski definition) is 0. The highest BCUT2D eigenvalue weighted by molar-refractivity contribution is 5.63. The summed E-state index contributed by atoms with van der Waals surface area (Å²) in [5.74, 6) is 0.915. The van der Waals surface area contributed by atoms with Crippen LogP contribution in [0.5, 0.6) is 0 Å². The first-order valence-electron chi connectivity index (χ1n) is 7.63. The Labute approximate surface area is 124 Å². The number of nitrogens with zero attached hydrogens (tertiary/aromatic N) is 4. The molecule has 3 aromatic rings. The summed E-state index contributed by atoms with van der Waals surface area (Å²) in [6.07, 6.45) is 7.66. The van der Waals surface area contributed by atoms with Gasteiger partial charge in [0.1, 0.15) is 12.2 Å². The Morgan fingerprint density at radius 1 is 1.05 bits per heavy atom. The van der Waals surface area contributed by atoms with E-state index in [1.54, 1.807) is 10.8 Å². The van der Waals surface area contributed by atoms with Crippen LogP contribution in [0.3, 0.4) is 0 Å². The second kappa shape index (κ2) is 6.48. The number of unbranched alkanes of at least 4 members (excludes halogenated alkanes) is 3. The van der Waals surface area contributed by atoms with E-state index in [2.05, 4.69) is 34.1 Å². The third-order valence-corrected chi connectivity index (χ3v) is 3.60. The molecule has 0 aliphatic carbocycles. The van der Waals surface area contributed by atoms with Gasteiger partial charge >= 0.3 is 0 Å². The zero-order chi connectivity index (χ0) is 14.5. The molecule has 0 N–H and O–H groups in total. The molecule has 0 amide bonds. The standard InChI is InChI=1S/C17H20N4/c1-2-3-4-8-11-16-18-13-21-17(19-16)12-15(20-21)14-9-6-5-7-10-14/h5-7,9-10,12-13H,2-4,8,11H2,1H3. The van der Waals surface area contributed by atoms with Gasteiger partial charge in [-0.3, -0.25) is 0 Å². The molecule has 3 rings (SSSR count). The maximum Gasteiger partial charge on any atom is 0.159 e. The van der Waals surface area contributed by atoms with Gasteiger partial charge in [0, 0.05) is 18.1 Å². The Hall–Kier alpha value is -2.23. The fraction of sp³-hybridized carbons (Fsp3) is 0.353. The van der Waals surface area contributed by atoms with Crippen LogP contribution in [0.1, 0.15) is 38.4 Å². The first kappa shape index (κ1) is 13.7. The van der Waals surface area contributed by atoms with Crippen molar-refractivity contribution in [3.05, 3.63) is 48.5 Å². The Morgan fingerprint density at radius 3 is 2.71 bits per heavy atom. The van der Waals surface area contributed by atoms with E-state index in [1.807, 2.05) is 24.3 Å². The van der Waals surface area contributed by atoms with Crippen molar-refractivity contribution in [2.75, 3.05) is 0 Å². The lowest BCUT2D eigenvalue weighted by atomic mass is 10.1. The van der Waals surface area contributed by atoms with Gasteiger partial charge in [-0.2, -0.15) is 5.10 Å². The van der Waals surface area contributed by atoms with Crippen LogP contribution in [0.4, 0.5) is 0 Å². The lowest BCUT2D eigenvalue weighted by Gasteiger charge is -1.99. The number of rotatable bonds is 6. The molecule has 4 nitrogen and oxygen atoms in total. The van der Waals surface area contributed by atoms with E-state index in [-0.39, 0.29) is 0 Å². The minimum absolute atomic E-state index is 0.870. The van der Waals surface area contributed by atoms with Crippen LogP contribution in [0.25, 0.3) is 16.9 Å². The molecule has 108 valence electrons. The van der Waals surface area contributed by atoms with Gasteiger partial charge in [0.05, 0.1) is 5.69 Å². The van der Waals surface area contributed by atoms with E-state index in [9.17, 15) is 0 Å². The smallest absolute Gasteiger partial charge is 0.159 e. The number of aryl methyl sites for hydroxylation is 1. The molecular formula is C17H20N4. The molecule has 1 aromatic carbocycles. The molecule has 0 unspecified atom stereocenters. The highest BCUT2D eigenvalue weighted by Gasteiger charge is 2.06. The van der Waals surface area contributed by atoms with E-state index >= 15 is 0 Å². The zero-order valence-electron chi connectivity index (χ0n) is 12.4. The van der Waals surface area contributed by atoms with Crippen LogP contribution in [0, 0.1) is 0 Å². The molecule has 0 saturated heterocycles. The summed E-state index contributed by atoms with van der Waals surface area (Å²) in [5, 5.41) is 4.53. The summed E-state index contributed by atoms with van der Waals surface area (Å²) >= 11 is 0. The van der Waals surface area contributed by atoms with E-state index in [0.29, 0.717) is 0 Å². The Bertz CT molecular complexity index is 703. The fourth-order valence-electron chi connectivity index (χ4n) is 2.42. The monoisotopic (exact) mass is 280 g/mol. The predicted molar refractivity (Wildman–Crippen MR) is 84.1 cm³/mol. The summed E-state index contributed by atoms with van der Waals surface area (Å²) < 4.78 is 1.75. The molecule has 0 fully saturated rings. The number of fused-ring (bicyclic) bond motifs is 1. The maximum absolute atomic E-state index is 4.61. The van der Waals surface area contributed by atoms with Gasteiger partial charge in [-0.05, 0) is 6.42 Å². The fourth-order valence-corrected chi connectivity index (χ4v) is 2.42. The lowest BCUT2D eigenvalue weighted by molar-refractivity contribution is 0.649. The SMILES string of the molecule is CCCCCCc1ncn2nc(-c3ccccc3)cc2n1. The zero-order valence-corrected chi connectivity index (χ0v) is 12.4. The van der Waals surface area contributed by atoms with Gasteiger partial charge in [0.25, 0.3) is 0 Å². The molecule has 0 radical (unpaired) electrons. The first-order chi connectivity index (χ1) is 10.4. The van der Waals surface area contributed by atoms with Crippen LogP contribution in [-0.4, -0.2) is 19.6 Å². The Balaban J connectivity index is 1.79. The average Bonchev–Trinajstić information content (AvgIpc) is 2.96. The van der Waals surface area contributed by atoms with Crippen molar-refractivity contribution in [3.8, 4) is 11.3 Å². The largest absolute Gasteiger partial charge is 0.221 e. The van der Waals surface area contributed by atoms with Gasteiger partial charge < -0.3 is 0 Å². The minimum Gasteiger partial charge on any atom is -0.221 e. The Kier molecular flexibility index (Phi) is 4.24. The molecule has 0 aliphatic rings. The molecule has 0 atom stereocenters. The van der Waals surface area contributed by atoms with Crippen molar-refractivity contribution in [1.82, 2.24) is 19.6 Å². The van der Waals surface area contributed by atoms with Crippen molar-refractivity contribution in [1.29, 1.82) is 0 Å². The van der Waals surface area contributed by atoms with Crippen LogP contribution in [-0.2, 0) is 6.42 Å². The van der Waals surface area contributed by atoms with Crippen molar-refractivity contribution >= 4 is 5.65 Å². The topological polar surface area (TPSA) is 43.1 Å². The molecule has 21 heavy (non-hydrogen) atoms. The summed E-state index contributed by atoms with van der Waals surface area (Å²) in [6, 6.07) is 12.2. The van der Waals surface area contributed by atoms with E-state index in [0.717, 1.165) is 35.6 Å². The normalized spacial score (nSPS) is 11.1. The van der Waals surface area contributed by atoms with Crippen molar-refractivity contribution in [2.24, 2.45) is 0 Å². The first-order valence-corrected chi connectivity index (χ1v) is 7.63. The van der Waals surface area contributed by atoms with Crippen LogP contribution in [0.15, 0.2) is 42.7 Å². The van der Waals surface area contributed by atoms with E-state index in [4.69, 9.17) is 0 Å². The molecule has 0 aliphatic heterocycles. The van der Waals surface area contributed by atoms with Crippen molar-refractivity contribution in [2.45, 2.75) is 39.0 Å². The van der Waals surface area contributed by atoms with Gasteiger partial charge in [-0.15, -0.1) is 0 Å². The second-order valence-corrected chi connectivity index (χ2v) is 5.28. The predicted octanol–water partition coefficient (Wildman–Crippen LogP) is 3.91. The van der Waals surface area contributed by atoms with E-state index in [1.165, 1.54) is 19.3 Å².